The predicted octanol–water partition coefficient (Wildman–Crippen LogP) is 1.77. The number of esters is 1. The minimum absolute atomic E-state index is 0.0648. The molecule has 23 heavy (non-hydrogen) atoms. The molecule has 1 heterocycles. The molecule has 1 aliphatic rings. The lowest BCUT2D eigenvalue weighted by Gasteiger charge is -2.34. The Balaban J connectivity index is 1.87. The van der Waals surface area contributed by atoms with E-state index in [4.69, 9.17) is 10.00 Å². The summed E-state index contributed by atoms with van der Waals surface area (Å²) >= 11 is 0. The smallest absolute Gasteiger partial charge is 0.308 e. The molecule has 1 amide bonds. The molecule has 0 unspecified atom stereocenters. The van der Waals surface area contributed by atoms with Gasteiger partial charge in [0.15, 0.2) is 0 Å². The van der Waals surface area contributed by atoms with E-state index in [-0.39, 0.29) is 23.8 Å². The van der Waals surface area contributed by atoms with Crippen molar-refractivity contribution in [3.05, 3.63) is 29.8 Å². The third kappa shape index (κ3) is 4.30. The number of ether oxygens (including phenoxy) is 1. The average molecular weight is 315 g/mol. The molecule has 1 saturated heterocycles. The van der Waals surface area contributed by atoms with Gasteiger partial charge in [0.1, 0.15) is 0 Å². The molecule has 1 N–H and O–H groups in total. The lowest BCUT2D eigenvalue weighted by molar-refractivity contribution is -0.147. The van der Waals surface area contributed by atoms with Gasteiger partial charge in [0.05, 0.1) is 30.7 Å². The van der Waals surface area contributed by atoms with Gasteiger partial charge in [-0.2, -0.15) is 5.26 Å². The number of hydrogen-bond donors (Lipinski definition) is 1. The summed E-state index contributed by atoms with van der Waals surface area (Å²) in [4.78, 5) is 25.9. The van der Waals surface area contributed by atoms with Gasteiger partial charge in [0.25, 0.3) is 0 Å². The fourth-order valence-corrected chi connectivity index (χ4v) is 2.73. The number of nitriles is 1. The van der Waals surface area contributed by atoms with Gasteiger partial charge in [-0.05, 0) is 57.1 Å². The zero-order chi connectivity index (χ0) is 16.8. The Morgan fingerprint density at radius 2 is 1.91 bits per heavy atom. The van der Waals surface area contributed by atoms with Gasteiger partial charge in [0, 0.05) is 5.69 Å². The molecule has 0 spiro atoms. The Morgan fingerprint density at radius 1 is 1.30 bits per heavy atom. The highest BCUT2D eigenvalue weighted by Gasteiger charge is 2.30. The van der Waals surface area contributed by atoms with Gasteiger partial charge in [0.2, 0.25) is 5.91 Å². The first-order chi connectivity index (χ1) is 11.0. The molecule has 122 valence electrons. The first-order valence-electron chi connectivity index (χ1n) is 7.68. The van der Waals surface area contributed by atoms with Gasteiger partial charge < -0.3 is 10.1 Å². The zero-order valence-electron chi connectivity index (χ0n) is 13.4. The van der Waals surface area contributed by atoms with Crippen LogP contribution >= 0.6 is 0 Å². The minimum atomic E-state index is -0.274. The molecule has 0 aromatic heterocycles. The van der Waals surface area contributed by atoms with E-state index in [0.29, 0.717) is 37.2 Å². The number of nitrogens with zero attached hydrogens (tertiary/aromatic N) is 2. The Morgan fingerprint density at radius 3 is 2.43 bits per heavy atom. The Labute approximate surface area is 136 Å². The molecule has 0 radical (unpaired) electrons. The van der Waals surface area contributed by atoms with Gasteiger partial charge in [-0.25, -0.2) is 0 Å². The van der Waals surface area contributed by atoms with Crippen LogP contribution in [0.25, 0.3) is 0 Å². The van der Waals surface area contributed by atoms with E-state index < -0.39 is 0 Å². The summed E-state index contributed by atoms with van der Waals surface area (Å²) in [6.07, 6.45) is 1.42. The van der Waals surface area contributed by atoms with Crippen LogP contribution in [0.1, 0.15) is 25.3 Å². The van der Waals surface area contributed by atoms with E-state index in [1.165, 1.54) is 7.11 Å². The van der Waals surface area contributed by atoms with Crippen molar-refractivity contribution >= 4 is 17.6 Å². The van der Waals surface area contributed by atoms with E-state index in [1.807, 2.05) is 13.0 Å². The van der Waals surface area contributed by atoms with Crippen LogP contribution in [0, 0.1) is 17.2 Å². The molecule has 1 atom stereocenters. The van der Waals surface area contributed by atoms with Gasteiger partial charge in [-0.15, -0.1) is 0 Å². The van der Waals surface area contributed by atoms with Crippen molar-refractivity contribution < 1.29 is 14.3 Å². The summed E-state index contributed by atoms with van der Waals surface area (Å²) in [6.45, 7) is 3.25. The SMILES string of the molecule is COC(=O)C1CCN([C@H](C)C(=O)Nc2ccc(C#N)cc2)CC1. The fourth-order valence-electron chi connectivity index (χ4n) is 2.73. The number of anilines is 1. The van der Waals surface area contributed by atoms with E-state index in [9.17, 15) is 9.59 Å². The van der Waals surface area contributed by atoms with Gasteiger partial charge >= 0.3 is 5.97 Å². The lowest BCUT2D eigenvalue weighted by Crippen LogP contribution is -2.47. The monoisotopic (exact) mass is 315 g/mol. The lowest BCUT2D eigenvalue weighted by atomic mass is 9.96. The highest BCUT2D eigenvalue weighted by atomic mass is 16.5. The van der Waals surface area contributed by atoms with Crippen molar-refractivity contribution in [1.82, 2.24) is 4.90 Å². The van der Waals surface area contributed by atoms with Crippen molar-refractivity contribution in [3.63, 3.8) is 0 Å². The molecular weight excluding hydrogens is 294 g/mol. The van der Waals surface area contributed by atoms with Gasteiger partial charge in [-0.3, -0.25) is 14.5 Å². The van der Waals surface area contributed by atoms with E-state index >= 15 is 0 Å². The fraction of sp³-hybridized carbons (Fsp3) is 0.471. The molecule has 1 aromatic rings. The third-order valence-electron chi connectivity index (χ3n) is 4.27. The summed E-state index contributed by atoms with van der Waals surface area (Å²) in [5.74, 6) is -0.324. The van der Waals surface area contributed by atoms with Crippen LogP contribution in [0.3, 0.4) is 0 Å². The summed E-state index contributed by atoms with van der Waals surface area (Å²) in [5, 5.41) is 11.6. The molecule has 2 rings (SSSR count). The van der Waals surface area contributed by atoms with Crippen LogP contribution in [0.5, 0.6) is 0 Å². The maximum atomic E-state index is 12.3. The van der Waals surface area contributed by atoms with Crippen LogP contribution in [0.2, 0.25) is 0 Å². The van der Waals surface area contributed by atoms with Gasteiger partial charge in [-0.1, -0.05) is 0 Å². The minimum Gasteiger partial charge on any atom is -0.469 e. The van der Waals surface area contributed by atoms with E-state index in [2.05, 4.69) is 10.2 Å². The third-order valence-corrected chi connectivity index (χ3v) is 4.27. The Bertz CT molecular complexity index is 599. The second kappa shape index (κ2) is 7.75. The number of rotatable bonds is 4. The number of likely N-dealkylation sites (tertiary alicyclic amines) is 1. The second-order valence-electron chi connectivity index (χ2n) is 5.69. The van der Waals surface area contributed by atoms with Crippen molar-refractivity contribution in [2.45, 2.75) is 25.8 Å². The van der Waals surface area contributed by atoms with Crippen LogP contribution in [0.4, 0.5) is 5.69 Å². The van der Waals surface area contributed by atoms with Crippen LogP contribution in [0.15, 0.2) is 24.3 Å². The number of methoxy groups -OCH3 is 1. The summed E-state index contributed by atoms with van der Waals surface area (Å²) in [7, 11) is 1.41. The Kier molecular flexibility index (Phi) is 5.72. The Hall–Kier alpha value is -2.39. The van der Waals surface area contributed by atoms with Crippen LogP contribution in [-0.4, -0.2) is 43.0 Å². The molecule has 6 heteroatoms. The number of carbonyl (C=O) groups is 2. The number of amides is 1. The number of piperidine rings is 1. The zero-order valence-corrected chi connectivity index (χ0v) is 13.4. The standard InChI is InChI=1S/C17H21N3O3/c1-12(20-9-7-14(8-10-20)17(22)23-2)16(21)19-15-5-3-13(11-18)4-6-15/h3-6,12,14H,7-10H2,1-2H3,(H,19,21)/t12-/m1/s1. The highest BCUT2D eigenvalue weighted by molar-refractivity contribution is 5.94. The number of benzene rings is 1. The van der Waals surface area contributed by atoms with Crippen molar-refractivity contribution in [2.75, 3.05) is 25.5 Å². The normalized spacial score (nSPS) is 17.1. The predicted molar refractivity (Wildman–Crippen MR) is 85.6 cm³/mol. The largest absolute Gasteiger partial charge is 0.469 e. The van der Waals surface area contributed by atoms with E-state index in [0.717, 1.165) is 0 Å². The summed E-state index contributed by atoms with van der Waals surface area (Å²) in [5.41, 5.74) is 1.23. The molecular formula is C17H21N3O3. The average Bonchev–Trinajstić information content (AvgIpc) is 2.61. The number of carbonyl (C=O) groups excluding carboxylic acids is 2. The first-order valence-corrected chi connectivity index (χ1v) is 7.68. The maximum Gasteiger partial charge on any atom is 0.308 e. The molecule has 6 nitrogen and oxygen atoms in total. The molecule has 1 aromatic carbocycles. The number of nitrogens with one attached hydrogen (secondary N) is 1. The molecule has 0 bridgehead atoms. The van der Waals surface area contributed by atoms with E-state index in [1.54, 1.807) is 24.3 Å². The van der Waals surface area contributed by atoms with Crippen molar-refractivity contribution in [1.29, 1.82) is 5.26 Å². The maximum absolute atomic E-state index is 12.3. The summed E-state index contributed by atoms with van der Waals surface area (Å²) < 4.78 is 4.77. The highest BCUT2D eigenvalue weighted by Crippen LogP contribution is 2.20. The van der Waals surface area contributed by atoms with Crippen molar-refractivity contribution in [3.8, 4) is 6.07 Å². The summed E-state index contributed by atoms with van der Waals surface area (Å²) in [6, 6.07) is 8.53. The molecule has 0 aliphatic carbocycles. The van der Waals surface area contributed by atoms with Crippen LogP contribution in [-0.2, 0) is 14.3 Å². The molecule has 0 saturated carbocycles. The van der Waals surface area contributed by atoms with Crippen molar-refractivity contribution in [2.24, 2.45) is 5.92 Å². The first kappa shape index (κ1) is 17.0. The number of hydrogen-bond acceptors (Lipinski definition) is 5. The molecule has 1 aliphatic heterocycles. The molecule has 1 fully saturated rings. The second-order valence-corrected chi connectivity index (χ2v) is 5.69. The van der Waals surface area contributed by atoms with Crippen LogP contribution < -0.4 is 5.32 Å². The quantitative estimate of drug-likeness (QED) is 0.856. The topological polar surface area (TPSA) is 82.4 Å².